The minimum atomic E-state index is -0.862. The third-order valence-corrected chi connectivity index (χ3v) is 3.55. The van der Waals surface area contributed by atoms with E-state index in [4.69, 9.17) is 4.74 Å². The summed E-state index contributed by atoms with van der Waals surface area (Å²) >= 11 is 0. The van der Waals surface area contributed by atoms with Gasteiger partial charge in [0.25, 0.3) is 0 Å². The maximum absolute atomic E-state index is 11.3. The number of carboxylic acid groups (broad SMARTS) is 1. The zero-order valence-electron chi connectivity index (χ0n) is 11.4. The van der Waals surface area contributed by atoms with E-state index in [1.54, 1.807) is 6.20 Å². The molecule has 5 heteroatoms. The van der Waals surface area contributed by atoms with Crippen LogP contribution in [0.5, 0.6) is 0 Å². The van der Waals surface area contributed by atoms with E-state index in [2.05, 4.69) is 9.97 Å². The molecule has 0 saturated carbocycles. The molecule has 19 heavy (non-hydrogen) atoms. The van der Waals surface area contributed by atoms with E-state index in [-0.39, 0.29) is 5.92 Å². The Morgan fingerprint density at radius 1 is 1.42 bits per heavy atom. The highest BCUT2D eigenvalue weighted by molar-refractivity contribution is 5.75. The molecular formula is C14H20N2O3. The average molecular weight is 264 g/mol. The van der Waals surface area contributed by atoms with Crippen LogP contribution in [0.4, 0.5) is 0 Å². The second-order valence-corrected chi connectivity index (χ2v) is 5.29. The van der Waals surface area contributed by atoms with Gasteiger partial charge in [0.15, 0.2) is 0 Å². The first-order valence-corrected chi connectivity index (χ1v) is 6.73. The van der Waals surface area contributed by atoms with Gasteiger partial charge >= 0.3 is 5.97 Å². The normalized spacial score (nSPS) is 18.5. The topological polar surface area (TPSA) is 72.3 Å². The molecule has 2 heterocycles. The molecule has 1 aliphatic heterocycles. The monoisotopic (exact) mass is 264 g/mol. The van der Waals surface area contributed by atoms with Crippen molar-refractivity contribution in [3.8, 4) is 0 Å². The molecule has 5 nitrogen and oxygen atoms in total. The van der Waals surface area contributed by atoms with Crippen LogP contribution >= 0.6 is 0 Å². The summed E-state index contributed by atoms with van der Waals surface area (Å²) < 4.78 is 5.34. The summed E-state index contributed by atoms with van der Waals surface area (Å²) in [5, 5.41) is 9.30. The highest BCUT2D eigenvalue weighted by Crippen LogP contribution is 2.27. The Balaban J connectivity index is 2.24. The molecule has 1 aliphatic rings. The lowest BCUT2D eigenvalue weighted by molar-refractivity contribution is -0.140. The number of rotatable bonds is 4. The van der Waals surface area contributed by atoms with E-state index in [9.17, 15) is 9.90 Å². The van der Waals surface area contributed by atoms with Gasteiger partial charge in [0, 0.05) is 31.0 Å². The Labute approximate surface area is 113 Å². The number of ether oxygens (including phenoxy) is 1. The maximum Gasteiger partial charge on any atom is 0.314 e. The number of carboxylic acids is 1. The van der Waals surface area contributed by atoms with Crippen LogP contribution in [0, 0.1) is 5.92 Å². The summed E-state index contributed by atoms with van der Waals surface area (Å²) in [7, 11) is 0. The van der Waals surface area contributed by atoms with Crippen molar-refractivity contribution in [3.63, 3.8) is 0 Å². The zero-order valence-corrected chi connectivity index (χ0v) is 11.4. The molecule has 1 atom stereocenters. The van der Waals surface area contributed by atoms with Gasteiger partial charge in [0.05, 0.1) is 0 Å². The summed E-state index contributed by atoms with van der Waals surface area (Å²) in [5.74, 6) is -0.745. The number of nitrogens with zero attached hydrogens (tertiary/aromatic N) is 2. The van der Waals surface area contributed by atoms with Crippen LogP contribution in [0.3, 0.4) is 0 Å². The number of aromatic nitrogens is 2. The molecule has 0 aromatic carbocycles. The highest BCUT2D eigenvalue weighted by atomic mass is 16.5. The molecule has 0 radical (unpaired) electrons. The predicted octanol–water partition coefficient (Wildman–Crippen LogP) is 2.19. The molecule has 1 saturated heterocycles. The maximum atomic E-state index is 11.3. The van der Waals surface area contributed by atoms with Gasteiger partial charge in [-0.3, -0.25) is 4.79 Å². The Morgan fingerprint density at radius 2 is 2.11 bits per heavy atom. The van der Waals surface area contributed by atoms with Crippen LogP contribution in [0.2, 0.25) is 0 Å². The van der Waals surface area contributed by atoms with Crippen molar-refractivity contribution in [1.29, 1.82) is 0 Å². The Kier molecular flexibility index (Phi) is 4.47. The van der Waals surface area contributed by atoms with Crippen molar-refractivity contribution < 1.29 is 14.6 Å². The van der Waals surface area contributed by atoms with E-state index >= 15 is 0 Å². The van der Waals surface area contributed by atoms with Crippen LogP contribution < -0.4 is 0 Å². The summed E-state index contributed by atoms with van der Waals surface area (Å²) in [4.78, 5) is 20.0. The van der Waals surface area contributed by atoms with E-state index in [0.717, 1.165) is 31.7 Å². The number of aliphatic carboxylic acids is 1. The lowest BCUT2D eigenvalue weighted by Gasteiger charge is -2.22. The van der Waals surface area contributed by atoms with Crippen molar-refractivity contribution in [2.75, 3.05) is 13.2 Å². The smallest absolute Gasteiger partial charge is 0.314 e. The third kappa shape index (κ3) is 3.29. The molecule has 1 N–H and O–H groups in total. The molecule has 0 spiro atoms. The zero-order chi connectivity index (χ0) is 13.8. The van der Waals surface area contributed by atoms with Crippen molar-refractivity contribution in [3.05, 3.63) is 23.8 Å². The van der Waals surface area contributed by atoms with Gasteiger partial charge < -0.3 is 9.84 Å². The van der Waals surface area contributed by atoms with E-state index < -0.39 is 11.9 Å². The van der Waals surface area contributed by atoms with Gasteiger partial charge in [0.1, 0.15) is 11.7 Å². The Bertz CT molecular complexity index is 442. The summed E-state index contributed by atoms with van der Waals surface area (Å²) in [6.45, 7) is 5.25. The van der Waals surface area contributed by atoms with Crippen molar-refractivity contribution in [2.45, 2.75) is 38.5 Å². The fraction of sp³-hybridized carbons (Fsp3) is 0.643. The minimum absolute atomic E-state index is 0.0255. The minimum Gasteiger partial charge on any atom is -0.481 e. The van der Waals surface area contributed by atoms with E-state index in [1.807, 2.05) is 19.9 Å². The highest BCUT2D eigenvalue weighted by Gasteiger charge is 2.27. The fourth-order valence-electron chi connectivity index (χ4n) is 2.45. The molecule has 1 aromatic rings. The molecule has 0 bridgehead atoms. The molecule has 104 valence electrons. The molecule has 2 rings (SSSR count). The van der Waals surface area contributed by atoms with Gasteiger partial charge in [-0.2, -0.15) is 0 Å². The first-order valence-electron chi connectivity index (χ1n) is 6.73. The first-order chi connectivity index (χ1) is 9.09. The number of carbonyl (C=O) groups is 1. The second kappa shape index (κ2) is 6.10. The van der Waals surface area contributed by atoms with E-state index in [1.165, 1.54) is 0 Å². The van der Waals surface area contributed by atoms with Crippen molar-refractivity contribution in [2.24, 2.45) is 5.92 Å². The molecule has 1 unspecified atom stereocenters. The summed E-state index contributed by atoms with van der Waals surface area (Å²) in [6, 6.07) is 1.89. The molecular weight excluding hydrogens is 244 g/mol. The largest absolute Gasteiger partial charge is 0.481 e. The lowest BCUT2D eigenvalue weighted by atomic mass is 9.93. The molecule has 1 aromatic heterocycles. The number of hydrogen-bond donors (Lipinski definition) is 1. The van der Waals surface area contributed by atoms with Crippen LogP contribution in [0.1, 0.15) is 50.0 Å². The SMILES string of the molecule is CC(C)C(C(=O)O)c1nccc(C2CCOCC2)n1. The molecule has 1 fully saturated rings. The van der Waals surface area contributed by atoms with Crippen LogP contribution in [-0.4, -0.2) is 34.3 Å². The second-order valence-electron chi connectivity index (χ2n) is 5.29. The van der Waals surface area contributed by atoms with Crippen molar-refractivity contribution >= 4 is 5.97 Å². The summed E-state index contributed by atoms with van der Waals surface area (Å²) in [5.41, 5.74) is 0.945. The third-order valence-electron chi connectivity index (χ3n) is 3.55. The van der Waals surface area contributed by atoms with Crippen LogP contribution in [0.25, 0.3) is 0 Å². The number of hydrogen-bond acceptors (Lipinski definition) is 4. The Hall–Kier alpha value is -1.49. The molecule has 0 aliphatic carbocycles. The van der Waals surface area contributed by atoms with Crippen molar-refractivity contribution in [1.82, 2.24) is 9.97 Å². The van der Waals surface area contributed by atoms with Gasteiger partial charge in [-0.15, -0.1) is 0 Å². The summed E-state index contributed by atoms with van der Waals surface area (Å²) in [6.07, 6.45) is 3.55. The average Bonchev–Trinajstić information content (AvgIpc) is 2.39. The lowest BCUT2D eigenvalue weighted by Crippen LogP contribution is -2.22. The predicted molar refractivity (Wildman–Crippen MR) is 70.0 cm³/mol. The quantitative estimate of drug-likeness (QED) is 0.902. The van der Waals surface area contributed by atoms with Gasteiger partial charge in [0.2, 0.25) is 0 Å². The van der Waals surface area contributed by atoms with Crippen LogP contribution in [-0.2, 0) is 9.53 Å². The van der Waals surface area contributed by atoms with Crippen LogP contribution in [0.15, 0.2) is 12.3 Å². The van der Waals surface area contributed by atoms with Gasteiger partial charge in [-0.05, 0) is 24.8 Å². The van der Waals surface area contributed by atoms with E-state index in [0.29, 0.717) is 11.7 Å². The Morgan fingerprint density at radius 3 is 2.68 bits per heavy atom. The van der Waals surface area contributed by atoms with Gasteiger partial charge in [-0.25, -0.2) is 9.97 Å². The first kappa shape index (κ1) is 13.9. The molecule has 0 amide bonds. The van der Waals surface area contributed by atoms with Gasteiger partial charge in [-0.1, -0.05) is 13.8 Å². The standard InChI is InChI=1S/C14H20N2O3/c1-9(2)12(14(17)18)13-15-6-3-11(16-13)10-4-7-19-8-5-10/h3,6,9-10,12H,4-5,7-8H2,1-2H3,(H,17,18). The fourth-order valence-corrected chi connectivity index (χ4v) is 2.45.